The molecule has 100 valence electrons. The number of benzene rings is 1. The van der Waals surface area contributed by atoms with E-state index in [2.05, 4.69) is 4.74 Å². The van der Waals surface area contributed by atoms with Crippen LogP contribution in [0.4, 0.5) is 13.2 Å². The second kappa shape index (κ2) is 5.83. The molecule has 2 N–H and O–H groups in total. The summed E-state index contributed by atoms with van der Waals surface area (Å²) in [4.78, 5) is 11.7. The van der Waals surface area contributed by atoms with E-state index in [1.807, 2.05) is 0 Å². The van der Waals surface area contributed by atoms with Crippen molar-refractivity contribution in [2.45, 2.75) is 12.4 Å². The molecule has 1 unspecified atom stereocenters. The van der Waals surface area contributed by atoms with Crippen molar-refractivity contribution in [2.75, 3.05) is 13.7 Å². The number of nitrogens with two attached hydrogens (primary N) is 1. The van der Waals surface area contributed by atoms with Gasteiger partial charge in [-0.25, -0.2) is 0 Å². The number of rotatable bonds is 5. The lowest BCUT2D eigenvalue weighted by Gasteiger charge is -2.12. The van der Waals surface area contributed by atoms with Crippen LogP contribution in [0.5, 0.6) is 5.75 Å². The van der Waals surface area contributed by atoms with Crippen LogP contribution in [0.15, 0.2) is 24.3 Å². The van der Waals surface area contributed by atoms with Crippen LogP contribution < -0.4 is 10.5 Å². The number of carbonyl (C=O) groups is 1. The van der Waals surface area contributed by atoms with Crippen LogP contribution in [0, 0.1) is 0 Å². The average Bonchev–Trinajstić information content (AvgIpc) is 2.26. The van der Waals surface area contributed by atoms with Crippen LogP contribution in [-0.2, 0) is 4.74 Å². The lowest BCUT2D eigenvalue weighted by molar-refractivity contribution is -0.274. The fraction of sp³-hybridized carbons (Fsp3) is 0.364. The molecule has 1 aromatic rings. The van der Waals surface area contributed by atoms with Crippen LogP contribution in [0.3, 0.4) is 0 Å². The average molecular weight is 263 g/mol. The second-order valence-electron chi connectivity index (χ2n) is 3.50. The van der Waals surface area contributed by atoms with Crippen molar-refractivity contribution in [1.29, 1.82) is 0 Å². The first-order valence-corrected chi connectivity index (χ1v) is 4.98. The molecule has 1 atom stereocenters. The minimum atomic E-state index is -4.80. The van der Waals surface area contributed by atoms with E-state index in [1.54, 1.807) is 0 Å². The molecule has 0 amide bonds. The Morgan fingerprint density at radius 2 is 2.11 bits per heavy atom. The molecule has 18 heavy (non-hydrogen) atoms. The maximum Gasteiger partial charge on any atom is 0.573 e. The Hall–Kier alpha value is -1.60. The first-order chi connectivity index (χ1) is 8.33. The monoisotopic (exact) mass is 263 g/mol. The van der Waals surface area contributed by atoms with Gasteiger partial charge in [-0.3, -0.25) is 4.79 Å². The Kier molecular flexibility index (Phi) is 4.69. The smallest absolute Gasteiger partial charge is 0.406 e. The Labute approximate surface area is 101 Å². The summed E-state index contributed by atoms with van der Waals surface area (Å²) >= 11 is 0. The predicted octanol–water partition coefficient (Wildman–Crippen LogP) is 1.74. The maximum absolute atomic E-state index is 12.0. The number of hydrogen-bond acceptors (Lipinski definition) is 4. The Balaban J connectivity index is 2.85. The van der Waals surface area contributed by atoms with Crippen molar-refractivity contribution in [2.24, 2.45) is 5.73 Å². The minimum absolute atomic E-state index is 0.0107. The molecule has 0 heterocycles. The summed E-state index contributed by atoms with van der Waals surface area (Å²) in [6.45, 7) is -0.0107. The van der Waals surface area contributed by atoms with E-state index in [0.717, 1.165) is 12.1 Å². The summed E-state index contributed by atoms with van der Waals surface area (Å²) in [5.74, 6) is -0.970. The number of hydrogen-bond donors (Lipinski definition) is 1. The van der Waals surface area contributed by atoms with E-state index in [-0.39, 0.29) is 12.2 Å². The van der Waals surface area contributed by atoms with Crippen molar-refractivity contribution >= 4 is 5.78 Å². The van der Waals surface area contributed by atoms with Gasteiger partial charge in [0.1, 0.15) is 5.75 Å². The fourth-order valence-electron chi connectivity index (χ4n) is 1.32. The molecule has 7 heteroatoms. The zero-order chi connectivity index (χ0) is 13.8. The number of alkyl halides is 3. The molecule has 0 aliphatic heterocycles. The fourth-order valence-corrected chi connectivity index (χ4v) is 1.32. The van der Waals surface area contributed by atoms with E-state index in [0.29, 0.717) is 0 Å². The quantitative estimate of drug-likeness (QED) is 0.822. The van der Waals surface area contributed by atoms with Gasteiger partial charge in [0.2, 0.25) is 0 Å². The standard InChI is InChI=1S/C11H12F3NO3/c1-17-6-9(15)10(16)7-3-2-4-8(5-7)18-11(12,13)14/h2-5,9H,6,15H2,1H3. The third-order valence-electron chi connectivity index (χ3n) is 2.04. The number of ether oxygens (including phenoxy) is 2. The highest BCUT2D eigenvalue weighted by atomic mass is 19.4. The van der Waals surface area contributed by atoms with Gasteiger partial charge in [-0.1, -0.05) is 12.1 Å². The van der Waals surface area contributed by atoms with Gasteiger partial charge in [-0.2, -0.15) is 0 Å². The number of halogens is 3. The van der Waals surface area contributed by atoms with Gasteiger partial charge in [0.25, 0.3) is 0 Å². The van der Waals surface area contributed by atoms with Gasteiger partial charge in [-0.15, -0.1) is 13.2 Å². The molecule has 0 aliphatic rings. The van der Waals surface area contributed by atoms with Crippen LogP contribution in [0.1, 0.15) is 10.4 Å². The summed E-state index contributed by atoms with van der Waals surface area (Å²) in [5.41, 5.74) is 5.54. The number of methoxy groups -OCH3 is 1. The Bertz CT molecular complexity index is 420. The summed E-state index contributed by atoms with van der Waals surface area (Å²) in [6.07, 6.45) is -4.80. The van der Waals surface area contributed by atoms with Gasteiger partial charge >= 0.3 is 6.36 Å². The van der Waals surface area contributed by atoms with Gasteiger partial charge in [0, 0.05) is 12.7 Å². The molecule has 0 saturated carbocycles. The highest BCUT2D eigenvalue weighted by Gasteiger charge is 2.31. The SMILES string of the molecule is COCC(N)C(=O)c1cccc(OC(F)(F)F)c1. The second-order valence-corrected chi connectivity index (χ2v) is 3.50. The van der Waals surface area contributed by atoms with E-state index in [4.69, 9.17) is 10.5 Å². The van der Waals surface area contributed by atoms with Crippen molar-refractivity contribution in [1.82, 2.24) is 0 Å². The topological polar surface area (TPSA) is 61.5 Å². The third kappa shape index (κ3) is 4.34. The zero-order valence-electron chi connectivity index (χ0n) is 9.53. The van der Waals surface area contributed by atoms with Crippen LogP contribution in [-0.4, -0.2) is 31.9 Å². The van der Waals surface area contributed by atoms with Crippen molar-refractivity contribution in [3.05, 3.63) is 29.8 Å². The lowest BCUT2D eigenvalue weighted by Crippen LogP contribution is -2.34. The molecule has 4 nitrogen and oxygen atoms in total. The molecule has 1 rings (SSSR count). The van der Waals surface area contributed by atoms with Gasteiger partial charge in [0.15, 0.2) is 5.78 Å². The Morgan fingerprint density at radius 3 is 2.67 bits per heavy atom. The lowest BCUT2D eigenvalue weighted by atomic mass is 10.1. The van der Waals surface area contributed by atoms with Crippen molar-refractivity contribution in [3.63, 3.8) is 0 Å². The first-order valence-electron chi connectivity index (χ1n) is 4.98. The summed E-state index contributed by atoms with van der Waals surface area (Å²) < 4.78 is 44.4. The summed E-state index contributed by atoms with van der Waals surface area (Å²) in [5, 5.41) is 0. The van der Waals surface area contributed by atoms with Crippen molar-refractivity contribution in [3.8, 4) is 5.75 Å². The van der Waals surface area contributed by atoms with Gasteiger partial charge in [-0.05, 0) is 12.1 Å². The predicted molar refractivity (Wildman–Crippen MR) is 57.3 cm³/mol. The summed E-state index contributed by atoms with van der Waals surface area (Å²) in [7, 11) is 1.37. The number of ketones is 1. The van der Waals surface area contributed by atoms with Crippen LogP contribution in [0.2, 0.25) is 0 Å². The molecule has 0 aromatic heterocycles. The van der Waals surface area contributed by atoms with Gasteiger partial charge in [0.05, 0.1) is 12.6 Å². The molecular formula is C11H12F3NO3. The molecule has 1 aromatic carbocycles. The molecule has 0 saturated heterocycles. The third-order valence-corrected chi connectivity index (χ3v) is 2.04. The van der Waals surface area contributed by atoms with E-state index in [1.165, 1.54) is 19.2 Å². The maximum atomic E-state index is 12.0. The molecule has 0 bridgehead atoms. The van der Waals surface area contributed by atoms with Gasteiger partial charge < -0.3 is 15.2 Å². The van der Waals surface area contributed by atoms with Crippen LogP contribution >= 0.6 is 0 Å². The number of Topliss-reactive ketones (excluding diaryl/α,β-unsaturated/α-hetero) is 1. The molecule has 0 fully saturated rings. The zero-order valence-corrected chi connectivity index (χ0v) is 9.53. The largest absolute Gasteiger partial charge is 0.573 e. The first kappa shape index (κ1) is 14.5. The summed E-state index contributed by atoms with van der Waals surface area (Å²) in [6, 6.07) is 3.82. The normalized spacial score (nSPS) is 13.2. The highest BCUT2D eigenvalue weighted by molar-refractivity contribution is 6.00. The Morgan fingerprint density at radius 1 is 1.44 bits per heavy atom. The van der Waals surface area contributed by atoms with E-state index >= 15 is 0 Å². The van der Waals surface area contributed by atoms with E-state index < -0.39 is 23.9 Å². The molecule has 0 radical (unpaired) electrons. The highest BCUT2D eigenvalue weighted by Crippen LogP contribution is 2.23. The van der Waals surface area contributed by atoms with Crippen LogP contribution in [0.25, 0.3) is 0 Å². The van der Waals surface area contributed by atoms with Crippen molar-refractivity contribution < 1.29 is 27.4 Å². The number of carbonyl (C=O) groups excluding carboxylic acids is 1. The molecular weight excluding hydrogens is 251 g/mol. The molecule has 0 spiro atoms. The minimum Gasteiger partial charge on any atom is -0.406 e. The molecule has 0 aliphatic carbocycles. The van der Waals surface area contributed by atoms with E-state index in [9.17, 15) is 18.0 Å².